The molecule has 0 saturated carbocycles. The highest BCUT2D eigenvalue weighted by Crippen LogP contribution is 2.39. The summed E-state index contributed by atoms with van der Waals surface area (Å²) in [5, 5.41) is 0. The van der Waals surface area contributed by atoms with Gasteiger partial charge in [-0.2, -0.15) is 0 Å². The summed E-state index contributed by atoms with van der Waals surface area (Å²) in [6.45, 7) is 6.68. The first-order chi connectivity index (χ1) is 7.04. The van der Waals surface area contributed by atoms with Crippen molar-refractivity contribution < 1.29 is 4.79 Å². The maximum absolute atomic E-state index is 10.6. The molecule has 0 amide bonds. The van der Waals surface area contributed by atoms with E-state index in [1.807, 2.05) is 0 Å². The van der Waals surface area contributed by atoms with Gasteiger partial charge in [-0.1, -0.05) is 26.0 Å². The summed E-state index contributed by atoms with van der Waals surface area (Å²) in [5.74, 6) is 0. The van der Waals surface area contributed by atoms with Crippen LogP contribution >= 0.6 is 0 Å². The largest absolute Gasteiger partial charge is 0.303 e. The third-order valence-corrected chi connectivity index (χ3v) is 3.61. The first kappa shape index (κ1) is 10.4. The Morgan fingerprint density at radius 1 is 1.40 bits per heavy atom. The Balaban J connectivity index is 2.51. The molecule has 80 valence electrons. The summed E-state index contributed by atoms with van der Waals surface area (Å²) < 4.78 is 0. The molecule has 0 heterocycles. The zero-order valence-electron chi connectivity index (χ0n) is 9.76. The standard InChI is InChI=1S/C14H18O/c1-10-8-12-4-6-14(2,3)13(12)9-11(10)5-7-15/h7-9H,4-6H2,1-3H3. The topological polar surface area (TPSA) is 17.1 Å². The van der Waals surface area contributed by atoms with Crippen LogP contribution in [0.25, 0.3) is 0 Å². The molecule has 0 N–H and O–H groups in total. The van der Waals surface area contributed by atoms with Crippen LogP contribution in [0.15, 0.2) is 12.1 Å². The second-order valence-electron chi connectivity index (χ2n) is 5.19. The summed E-state index contributed by atoms with van der Waals surface area (Å²) in [7, 11) is 0. The first-order valence-electron chi connectivity index (χ1n) is 5.61. The van der Waals surface area contributed by atoms with Gasteiger partial charge in [-0.15, -0.1) is 0 Å². The second-order valence-corrected chi connectivity index (χ2v) is 5.19. The zero-order valence-corrected chi connectivity index (χ0v) is 9.76. The fourth-order valence-electron chi connectivity index (χ4n) is 2.54. The van der Waals surface area contributed by atoms with Crippen LogP contribution < -0.4 is 0 Å². The number of carbonyl (C=O) groups is 1. The molecule has 15 heavy (non-hydrogen) atoms. The zero-order chi connectivity index (χ0) is 11.1. The fourth-order valence-corrected chi connectivity index (χ4v) is 2.54. The van der Waals surface area contributed by atoms with Gasteiger partial charge < -0.3 is 4.79 Å². The van der Waals surface area contributed by atoms with E-state index in [-0.39, 0.29) is 0 Å². The molecule has 1 nitrogen and oxygen atoms in total. The van der Waals surface area contributed by atoms with Crippen LogP contribution in [0.1, 0.15) is 42.5 Å². The van der Waals surface area contributed by atoms with E-state index >= 15 is 0 Å². The number of carbonyl (C=O) groups excluding carboxylic acids is 1. The number of fused-ring (bicyclic) bond motifs is 1. The quantitative estimate of drug-likeness (QED) is 0.674. The molecule has 0 bridgehead atoms. The predicted molar refractivity (Wildman–Crippen MR) is 62.3 cm³/mol. The van der Waals surface area contributed by atoms with Crippen LogP contribution in [-0.4, -0.2) is 6.29 Å². The highest BCUT2D eigenvalue weighted by atomic mass is 16.1. The Morgan fingerprint density at radius 2 is 2.13 bits per heavy atom. The molecule has 0 unspecified atom stereocenters. The summed E-state index contributed by atoms with van der Waals surface area (Å²) >= 11 is 0. The van der Waals surface area contributed by atoms with Crippen LogP contribution in [0.5, 0.6) is 0 Å². The molecule has 2 rings (SSSR count). The number of aryl methyl sites for hydroxylation is 2. The van der Waals surface area contributed by atoms with Crippen molar-refractivity contribution in [3.05, 3.63) is 34.4 Å². The molecule has 1 aliphatic rings. The molecular formula is C14H18O. The van der Waals surface area contributed by atoms with Gasteiger partial charge in [-0.25, -0.2) is 0 Å². The maximum Gasteiger partial charge on any atom is 0.124 e. The number of hydrogen-bond acceptors (Lipinski definition) is 1. The van der Waals surface area contributed by atoms with Crippen molar-refractivity contribution in [2.24, 2.45) is 0 Å². The van der Waals surface area contributed by atoms with Gasteiger partial charge in [0, 0.05) is 6.42 Å². The molecule has 1 aromatic rings. The van der Waals surface area contributed by atoms with Crippen LogP contribution in [0, 0.1) is 6.92 Å². The van der Waals surface area contributed by atoms with Gasteiger partial charge in [0.05, 0.1) is 0 Å². The van der Waals surface area contributed by atoms with E-state index in [1.165, 1.54) is 35.1 Å². The summed E-state index contributed by atoms with van der Waals surface area (Å²) in [6, 6.07) is 4.51. The van der Waals surface area contributed by atoms with Gasteiger partial charge in [0.15, 0.2) is 0 Å². The molecule has 0 aliphatic heterocycles. The van der Waals surface area contributed by atoms with Crippen molar-refractivity contribution >= 4 is 6.29 Å². The minimum atomic E-state index is 0.292. The lowest BCUT2D eigenvalue weighted by molar-refractivity contribution is -0.107. The maximum atomic E-state index is 10.6. The van der Waals surface area contributed by atoms with Crippen LogP contribution in [0.2, 0.25) is 0 Å². The SMILES string of the molecule is Cc1cc2c(cc1CC=O)C(C)(C)CC2. The van der Waals surface area contributed by atoms with E-state index in [9.17, 15) is 4.79 Å². The van der Waals surface area contributed by atoms with E-state index in [1.54, 1.807) is 0 Å². The van der Waals surface area contributed by atoms with E-state index in [2.05, 4.69) is 32.9 Å². The molecular weight excluding hydrogens is 184 g/mol. The average molecular weight is 202 g/mol. The minimum Gasteiger partial charge on any atom is -0.303 e. The van der Waals surface area contributed by atoms with Crippen molar-refractivity contribution in [1.82, 2.24) is 0 Å². The van der Waals surface area contributed by atoms with E-state index in [4.69, 9.17) is 0 Å². The van der Waals surface area contributed by atoms with Gasteiger partial charge in [-0.05, 0) is 47.4 Å². The monoisotopic (exact) mass is 202 g/mol. The van der Waals surface area contributed by atoms with E-state index in [0.29, 0.717) is 11.8 Å². The number of aldehydes is 1. The molecule has 0 saturated heterocycles. The molecule has 1 aliphatic carbocycles. The summed E-state index contributed by atoms with van der Waals surface area (Å²) in [4.78, 5) is 10.6. The van der Waals surface area contributed by atoms with Gasteiger partial charge in [0.2, 0.25) is 0 Å². The lowest BCUT2D eigenvalue weighted by Crippen LogP contribution is -2.12. The van der Waals surface area contributed by atoms with Crippen molar-refractivity contribution in [2.75, 3.05) is 0 Å². The molecule has 1 heteroatoms. The lowest BCUT2D eigenvalue weighted by Gasteiger charge is -2.20. The Morgan fingerprint density at radius 3 is 2.80 bits per heavy atom. The lowest BCUT2D eigenvalue weighted by atomic mass is 9.85. The highest BCUT2D eigenvalue weighted by molar-refractivity contribution is 5.58. The molecule has 0 aromatic heterocycles. The van der Waals surface area contributed by atoms with Crippen LogP contribution in [0.3, 0.4) is 0 Å². The van der Waals surface area contributed by atoms with Crippen molar-refractivity contribution in [3.8, 4) is 0 Å². The van der Waals surface area contributed by atoms with E-state index < -0.39 is 0 Å². The average Bonchev–Trinajstić information content (AvgIpc) is 2.44. The smallest absolute Gasteiger partial charge is 0.124 e. The van der Waals surface area contributed by atoms with Gasteiger partial charge >= 0.3 is 0 Å². The normalized spacial score (nSPS) is 17.5. The summed E-state index contributed by atoms with van der Waals surface area (Å²) in [5.41, 5.74) is 5.68. The van der Waals surface area contributed by atoms with Crippen LogP contribution in [-0.2, 0) is 23.1 Å². The van der Waals surface area contributed by atoms with Crippen molar-refractivity contribution in [2.45, 2.75) is 45.4 Å². The fraction of sp³-hybridized carbons (Fsp3) is 0.500. The molecule has 0 radical (unpaired) electrons. The summed E-state index contributed by atoms with van der Waals surface area (Å²) in [6.07, 6.45) is 3.96. The van der Waals surface area contributed by atoms with E-state index in [0.717, 1.165) is 6.29 Å². The third-order valence-electron chi connectivity index (χ3n) is 3.61. The van der Waals surface area contributed by atoms with Gasteiger partial charge in [-0.3, -0.25) is 0 Å². The second kappa shape index (κ2) is 3.48. The first-order valence-corrected chi connectivity index (χ1v) is 5.61. The molecule has 1 aromatic carbocycles. The third kappa shape index (κ3) is 1.71. The Hall–Kier alpha value is -1.11. The molecule has 0 atom stereocenters. The van der Waals surface area contributed by atoms with Crippen molar-refractivity contribution in [3.63, 3.8) is 0 Å². The Bertz CT molecular complexity index is 402. The molecule has 0 fully saturated rings. The Kier molecular flexibility index (Phi) is 2.41. The number of hydrogen-bond donors (Lipinski definition) is 0. The predicted octanol–water partition coefficient (Wildman–Crippen LogP) is 2.96. The number of benzene rings is 1. The Labute approximate surface area is 91.5 Å². The minimum absolute atomic E-state index is 0.292. The van der Waals surface area contributed by atoms with Gasteiger partial charge in [0.1, 0.15) is 6.29 Å². The number of rotatable bonds is 2. The van der Waals surface area contributed by atoms with Crippen molar-refractivity contribution in [1.29, 1.82) is 0 Å². The highest BCUT2D eigenvalue weighted by Gasteiger charge is 2.30. The van der Waals surface area contributed by atoms with Gasteiger partial charge in [0.25, 0.3) is 0 Å². The van der Waals surface area contributed by atoms with Crippen LogP contribution in [0.4, 0.5) is 0 Å². The molecule has 0 spiro atoms.